The quantitative estimate of drug-likeness (QED) is 0.500. The molecule has 0 spiro atoms. The molecule has 1 aromatic carbocycles. The summed E-state index contributed by atoms with van der Waals surface area (Å²) in [7, 11) is 9.52. The molecule has 4 nitrogen and oxygen atoms in total. The average molecular weight is 302 g/mol. The fourth-order valence-electron chi connectivity index (χ4n) is 1.97. The second kappa shape index (κ2) is 8.12. The number of ether oxygens (including phenoxy) is 2. The molecular weight excluding hydrogens is 278 g/mol. The summed E-state index contributed by atoms with van der Waals surface area (Å²) in [5.41, 5.74) is 2.30. The van der Waals surface area contributed by atoms with E-state index in [1.807, 2.05) is 12.1 Å². The standard InChI is InChI=1S/C15H24NO3.ClH/c1-16(2,3)11-13-10-12(6-8-14(13)18-4)7-9-15(17)19-5;/h6,8,10H,7,9,11H2,1-5H3;1H/q+1;/p-1. The highest BCUT2D eigenvalue weighted by atomic mass is 35.5. The highest BCUT2D eigenvalue weighted by molar-refractivity contribution is 5.69. The Balaban J connectivity index is 0.00000361. The Labute approximate surface area is 127 Å². The summed E-state index contributed by atoms with van der Waals surface area (Å²) in [6, 6.07) is 6.09. The van der Waals surface area contributed by atoms with E-state index in [0.29, 0.717) is 12.8 Å². The third-order valence-electron chi connectivity index (χ3n) is 2.83. The summed E-state index contributed by atoms with van der Waals surface area (Å²) >= 11 is 0. The van der Waals surface area contributed by atoms with Gasteiger partial charge in [0.15, 0.2) is 0 Å². The molecule has 0 saturated heterocycles. The number of aryl methyl sites for hydroxylation is 1. The smallest absolute Gasteiger partial charge is 0.305 e. The number of hydrogen-bond acceptors (Lipinski definition) is 3. The molecule has 1 aromatic rings. The number of benzene rings is 1. The van der Waals surface area contributed by atoms with Crippen LogP contribution >= 0.6 is 0 Å². The van der Waals surface area contributed by atoms with E-state index in [1.165, 1.54) is 7.11 Å². The maximum atomic E-state index is 11.2. The van der Waals surface area contributed by atoms with Crippen LogP contribution in [0.2, 0.25) is 0 Å². The molecule has 0 atom stereocenters. The minimum atomic E-state index is -0.177. The summed E-state index contributed by atoms with van der Waals surface area (Å²) in [6.45, 7) is 0.884. The topological polar surface area (TPSA) is 35.5 Å². The van der Waals surface area contributed by atoms with E-state index in [-0.39, 0.29) is 18.4 Å². The first kappa shape index (κ1) is 18.7. The van der Waals surface area contributed by atoms with Crippen molar-refractivity contribution in [3.63, 3.8) is 0 Å². The molecule has 0 aliphatic rings. The van der Waals surface area contributed by atoms with E-state index < -0.39 is 0 Å². The molecule has 114 valence electrons. The van der Waals surface area contributed by atoms with Gasteiger partial charge < -0.3 is 26.4 Å². The highest BCUT2D eigenvalue weighted by Crippen LogP contribution is 2.23. The fourth-order valence-corrected chi connectivity index (χ4v) is 1.97. The molecule has 5 heteroatoms. The number of nitrogens with zero attached hydrogens (tertiary/aromatic N) is 1. The van der Waals surface area contributed by atoms with Gasteiger partial charge in [0.25, 0.3) is 0 Å². The molecule has 0 amide bonds. The van der Waals surface area contributed by atoms with Crippen LogP contribution < -0.4 is 17.1 Å². The van der Waals surface area contributed by atoms with Gasteiger partial charge in [-0.3, -0.25) is 4.79 Å². The van der Waals surface area contributed by atoms with Gasteiger partial charge in [0.1, 0.15) is 12.3 Å². The maximum Gasteiger partial charge on any atom is 0.305 e. The van der Waals surface area contributed by atoms with Crippen LogP contribution in [-0.4, -0.2) is 45.8 Å². The van der Waals surface area contributed by atoms with Crippen LogP contribution in [0.5, 0.6) is 5.75 Å². The lowest BCUT2D eigenvalue weighted by molar-refractivity contribution is -0.884. The van der Waals surface area contributed by atoms with E-state index in [9.17, 15) is 4.79 Å². The van der Waals surface area contributed by atoms with Crippen molar-refractivity contribution in [3.05, 3.63) is 29.3 Å². The zero-order valence-corrected chi connectivity index (χ0v) is 13.7. The Morgan fingerprint density at radius 3 is 2.35 bits per heavy atom. The first-order valence-electron chi connectivity index (χ1n) is 6.39. The molecule has 0 unspecified atom stereocenters. The van der Waals surface area contributed by atoms with Crippen molar-refractivity contribution >= 4 is 5.97 Å². The Kier molecular flexibility index (Phi) is 7.61. The van der Waals surface area contributed by atoms with Crippen molar-refractivity contribution in [1.82, 2.24) is 0 Å². The zero-order chi connectivity index (χ0) is 14.5. The number of carbonyl (C=O) groups is 1. The molecule has 20 heavy (non-hydrogen) atoms. The molecule has 0 fully saturated rings. The lowest BCUT2D eigenvalue weighted by Crippen LogP contribution is -3.00. The van der Waals surface area contributed by atoms with Crippen molar-refractivity contribution < 1.29 is 31.2 Å². The number of rotatable bonds is 6. The van der Waals surface area contributed by atoms with Gasteiger partial charge in [-0.1, -0.05) is 6.07 Å². The zero-order valence-electron chi connectivity index (χ0n) is 12.9. The maximum absolute atomic E-state index is 11.2. The van der Waals surface area contributed by atoms with Crippen LogP contribution in [0.15, 0.2) is 18.2 Å². The van der Waals surface area contributed by atoms with Gasteiger partial charge in [0.2, 0.25) is 0 Å². The molecular formula is C15H24ClNO3. The van der Waals surface area contributed by atoms with Gasteiger partial charge in [-0.2, -0.15) is 0 Å². The molecule has 0 bridgehead atoms. The van der Waals surface area contributed by atoms with Crippen LogP contribution in [0.25, 0.3) is 0 Å². The van der Waals surface area contributed by atoms with Gasteiger partial charge in [0, 0.05) is 12.0 Å². The predicted octanol–water partition coefficient (Wildman–Crippen LogP) is -0.989. The molecule has 0 N–H and O–H groups in total. The number of quaternary nitrogens is 1. The predicted molar refractivity (Wildman–Crippen MR) is 75.1 cm³/mol. The second-order valence-electron chi connectivity index (χ2n) is 5.67. The van der Waals surface area contributed by atoms with Crippen LogP contribution in [0.3, 0.4) is 0 Å². The summed E-state index contributed by atoms with van der Waals surface area (Å²) in [6.07, 6.45) is 1.10. The first-order chi connectivity index (χ1) is 8.85. The monoisotopic (exact) mass is 301 g/mol. The fraction of sp³-hybridized carbons (Fsp3) is 0.533. The molecule has 0 radical (unpaired) electrons. The van der Waals surface area contributed by atoms with Gasteiger partial charge in [-0.05, 0) is 24.1 Å². The number of halogens is 1. The molecule has 0 saturated carbocycles. The molecule has 0 aliphatic carbocycles. The lowest BCUT2D eigenvalue weighted by Gasteiger charge is -2.25. The summed E-state index contributed by atoms with van der Waals surface area (Å²) < 4.78 is 10.9. The van der Waals surface area contributed by atoms with Crippen LogP contribution in [0.1, 0.15) is 17.5 Å². The Morgan fingerprint density at radius 2 is 1.85 bits per heavy atom. The highest BCUT2D eigenvalue weighted by Gasteiger charge is 2.14. The van der Waals surface area contributed by atoms with Crippen molar-refractivity contribution in [3.8, 4) is 5.75 Å². The van der Waals surface area contributed by atoms with E-state index >= 15 is 0 Å². The van der Waals surface area contributed by atoms with E-state index in [2.05, 4.69) is 31.9 Å². The third kappa shape index (κ3) is 6.26. The summed E-state index contributed by atoms with van der Waals surface area (Å²) in [4.78, 5) is 11.2. The van der Waals surface area contributed by atoms with Gasteiger partial charge >= 0.3 is 5.97 Å². The molecule has 0 heterocycles. The SMILES string of the molecule is COC(=O)CCc1ccc(OC)c(C[N+](C)(C)C)c1.[Cl-]. The first-order valence-corrected chi connectivity index (χ1v) is 6.39. The van der Waals surface area contributed by atoms with Crippen LogP contribution in [0, 0.1) is 0 Å². The van der Waals surface area contributed by atoms with Crippen molar-refractivity contribution in [1.29, 1.82) is 0 Å². The van der Waals surface area contributed by atoms with Crippen molar-refractivity contribution in [2.75, 3.05) is 35.4 Å². The Morgan fingerprint density at radius 1 is 1.20 bits per heavy atom. The lowest BCUT2D eigenvalue weighted by atomic mass is 10.0. The summed E-state index contributed by atoms with van der Waals surface area (Å²) in [5.74, 6) is 0.721. The largest absolute Gasteiger partial charge is 1.00 e. The molecule has 0 aromatic heterocycles. The van der Waals surface area contributed by atoms with Crippen molar-refractivity contribution in [2.45, 2.75) is 19.4 Å². The van der Waals surface area contributed by atoms with Crippen molar-refractivity contribution in [2.24, 2.45) is 0 Å². The number of hydrogen-bond donors (Lipinski definition) is 0. The van der Waals surface area contributed by atoms with E-state index in [4.69, 9.17) is 4.74 Å². The van der Waals surface area contributed by atoms with E-state index in [0.717, 1.165) is 27.9 Å². The van der Waals surface area contributed by atoms with Gasteiger partial charge in [-0.15, -0.1) is 0 Å². The summed E-state index contributed by atoms with van der Waals surface area (Å²) in [5, 5.41) is 0. The van der Waals surface area contributed by atoms with Gasteiger partial charge in [-0.25, -0.2) is 0 Å². The molecule has 0 aliphatic heterocycles. The minimum absolute atomic E-state index is 0. The Bertz CT molecular complexity index is 441. The average Bonchev–Trinajstić information content (AvgIpc) is 2.34. The second-order valence-corrected chi connectivity index (χ2v) is 5.67. The van der Waals surface area contributed by atoms with Crippen LogP contribution in [-0.2, 0) is 22.5 Å². The number of carbonyl (C=O) groups excluding carboxylic acids is 1. The Hall–Kier alpha value is -1.26. The van der Waals surface area contributed by atoms with Crippen LogP contribution in [0.4, 0.5) is 0 Å². The normalized spacial score (nSPS) is 10.7. The third-order valence-corrected chi connectivity index (χ3v) is 2.83. The van der Waals surface area contributed by atoms with Gasteiger partial charge in [0.05, 0.1) is 35.4 Å². The van der Waals surface area contributed by atoms with E-state index in [1.54, 1.807) is 7.11 Å². The molecule has 1 rings (SSSR count). The number of esters is 1. The minimum Gasteiger partial charge on any atom is -1.00 e. The number of methoxy groups -OCH3 is 2.